The first kappa shape index (κ1) is 15.0. The quantitative estimate of drug-likeness (QED) is 0.560. The monoisotopic (exact) mass is 297 g/mol. The maximum absolute atomic E-state index is 4.66. The molecule has 0 N–H and O–H groups in total. The molecule has 0 aliphatic carbocycles. The molecule has 0 saturated heterocycles. The van der Waals surface area contributed by atoms with Crippen LogP contribution in [-0.4, -0.2) is 5.87 Å². The van der Waals surface area contributed by atoms with Crippen LogP contribution in [0.25, 0.3) is 5.57 Å². The first-order chi connectivity index (χ1) is 11.3. The zero-order chi connectivity index (χ0) is 15.9. The van der Waals surface area contributed by atoms with E-state index in [9.17, 15) is 0 Å². The molecule has 3 rings (SSSR count). The molecule has 0 fully saturated rings. The van der Waals surface area contributed by atoms with E-state index < -0.39 is 0 Å². The lowest BCUT2D eigenvalue weighted by Gasteiger charge is -2.07. The van der Waals surface area contributed by atoms with Gasteiger partial charge in [-0.2, -0.15) is 0 Å². The predicted octanol–water partition coefficient (Wildman–Crippen LogP) is 5.55. The van der Waals surface area contributed by atoms with E-state index in [2.05, 4.69) is 54.2 Å². The molecule has 0 spiro atoms. The summed E-state index contributed by atoms with van der Waals surface area (Å²) in [5.74, 6) is 3.29. The van der Waals surface area contributed by atoms with Crippen molar-refractivity contribution in [1.82, 2.24) is 0 Å². The minimum Gasteiger partial charge on any atom is -0.235 e. The minimum absolute atomic E-state index is 0.0821. The van der Waals surface area contributed by atoms with Crippen molar-refractivity contribution in [1.29, 1.82) is 0 Å². The molecular formula is C22H19N. The molecular weight excluding hydrogens is 278 g/mol. The van der Waals surface area contributed by atoms with Gasteiger partial charge < -0.3 is 0 Å². The molecule has 1 nitrogen and oxygen atoms in total. The number of nitrogens with zero attached hydrogens (tertiary/aromatic N) is 1. The number of aliphatic imine (C=N–C) groups is 1. The molecule has 0 saturated carbocycles. The zero-order valence-electron chi connectivity index (χ0n) is 13.2. The van der Waals surface area contributed by atoms with Gasteiger partial charge in [0.1, 0.15) is 0 Å². The van der Waals surface area contributed by atoms with Gasteiger partial charge in [0.15, 0.2) is 0 Å². The molecule has 0 bridgehead atoms. The van der Waals surface area contributed by atoms with Crippen LogP contribution in [0.3, 0.4) is 0 Å². The highest BCUT2D eigenvalue weighted by atomic mass is 14.7. The summed E-state index contributed by atoms with van der Waals surface area (Å²) in [4.78, 5) is 4.66. The van der Waals surface area contributed by atoms with Crippen LogP contribution in [0.2, 0.25) is 0 Å². The Morgan fingerprint density at radius 2 is 1.13 bits per heavy atom. The standard InChI is InChI=1S/C22H19N/c1-18(19-11-5-2-6-12-19)23-17-22(20-13-7-3-8-14-20)21-15-9-4-10-16-21/h2-16,18H,1H3/t18-/m0/s1. The third-order valence-corrected chi connectivity index (χ3v) is 3.78. The lowest BCUT2D eigenvalue weighted by molar-refractivity contribution is 0.827. The molecule has 23 heavy (non-hydrogen) atoms. The van der Waals surface area contributed by atoms with Crippen molar-refractivity contribution in [3.05, 3.63) is 108 Å². The highest BCUT2D eigenvalue weighted by molar-refractivity contribution is 5.98. The van der Waals surface area contributed by atoms with Gasteiger partial charge in [0, 0.05) is 0 Å². The molecule has 112 valence electrons. The van der Waals surface area contributed by atoms with Crippen LogP contribution in [0.1, 0.15) is 29.7 Å². The summed E-state index contributed by atoms with van der Waals surface area (Å²) in [6.45, 7) is 2.09. The van der Waals surface area contributed by atoms with Gasteiger partial charge in [-0.15, -0.1) is 0 Å². The normalized spacial score (nSPS) is 11.3. The molecule has 0 aliphatic heterocycles. The first-order valence-electron chi connectivity index (χ1n) is 7.83. The van der Waals surface area contributed by atoms with E-state index >= 15 is 0 Å². The molecule has 0 radical (unpaired) electrons. The fourth-order valence-electron chi connectivity index (χ4n) is 2.47. The molecule has 1 heteroatoms. The Kier molecular flexibility index (Phi) is 4.83. The predicted molar refractivity (Wildman–Crippen MR) is 97.7 cm³/mol. The van der Waals surface area contributed by atoms with Crippen molar-refractivity contribution in [2.45, 2.75) is 13.0 Å². The Bertz CT molecular complexity index is 757. The number of hydrogen-bond donors (Lipinski definition) is 0. The van der Waals surface area contributed by atoms with Crippen LogP contribution < -0.4 is 0 Å². The van der Waals surface area contributed by atoms with Gasteiger partial charge in [-0.1, -0.05) is 91.0 Å². The largest absolute Gasteiger partial charge is 0.235 e. The van der Waals surface area contributed by atoms with Crippen LogP contribution in [0.15, 0.2) is 96.0 Å². The van der Waals surface area contributed by atoms with Gasteiger partial charge in [-0.05, 0) is 29.5 Å². The Morgan fingerprint density at radius 1 is 0.696 bits per heavy atom. The fourth-order valence-corrected chi connectivity index (χ4v) is 2.47. The lowest BCUT2D eigenvalue weighted by Crippen LogP contribution is -1.91. The van der Waals surface area contributed by atoms with E-state index in [1.54, 1.807) is 0 Å². The highest BCUT2D eigenvalue weighted by Gasteiger charge is 2.05. The van der Waals surface area contributed by atoms with Crippen molar-refractivity contribution in [3.8, 4) is 0 Å². The summed E-state index contributed by atoms with van der Waals surface area (Å²) in [6.07, 6.45) is 0. The average molecular weight is 297 g/mol. The van der Waals surface area contributed by atoms with Crippen molar-refractivity contribution >= 4 is 11.4 Å². The lowest BCUT2D eigenvalue weighted by atomic mass is 9.99. The number of benzene rings is 3. The van der Waals surface area contributed by atoms with Crippen molar-refractivity contribution < 1.29 is 0 Å². The van der Waals surface area contributed by atoms with E-state index in [4.69, 9.17) is 0 Å². The van der Waals surface area contributed by atoms with Gasteiger partial charge in [0.05, 0.1) is 11.6 Å². The van der Waals surface area contributed by atoms with Crippen LogP contribution in [0, 0.1) is 0 Å². The number of rotatable bonds is 4. The zero-order valence-corrected chi connectivity index (χ0v) is 13.2. The average Bonchev–Trinajstić information content (AvgIpc) is 2.64. The maximum Gasteiger partial charge on any atom is 0.0815 e. The molecule has 0 unspecified atom stereocenters. The molecule has 1 atom stereocenters. The topological polar surface area (TPSA) is 12.4 Å². The third-order valence-electron chi connectivity index (χ3n) is 3.78. The fraction of sp³-hybridized carbons (Fsp3) is 0.0909. The molecule has 0 aliphatic rings. The summed E-state index contributed by atoms with van der Waals surface area (Å²) in [6, 6.07) is 31.0. The van der Waals surface area contributed by atoms with Gasteiger partial charge in [0.25, 0.3) is 0 Å². The summed E-state index contributed by atoms with van der Waals surface area (Å²) in [7, 11) is 0. The van der Waals surface area contributed by atoms with Crippen LogP contribution in [-0.2, 0) is 0 Å². The van der Waals surface area contributed by atoms with Gasteiger partial charge in [-0.25, -0.2) is 4.99 Å². The van der Waals surface area contributed by atoms with E-state index in [-0.39, 0.29) is 6.04 Å². The van der Waals surface area contributed by atoms with Crippen LogP contribution in [0.5, 0.6) is 0 Å². The first-order valence-corrected chi connectivity index (χ1v) is 7.83. The van der Waals surface area contributed by atoms with E-state index in [1.165, 1.54) is 5.56 Å². The minimum atomic E-state index is 0.0821. The second-order valence-electron chi connectivity index (χ2n) is 5.43. The van der Waals surface area contributed by atoms with Gasteiger partial charge in [-0.3, -0.25) is 0 Å². The summed E-state index contributed by atoms with van der Waals surface area (Å²) < 4.78 is 0. The molecule has 0 amide bonds. The van der Waals surface area contributed by atoms with E-state index in [0.29, 0.717) is 0 Å². The van der Waals surface area contributed by atoms with Crippen LogP contribution in [0.4, 0.5) is 0 Å². The van der Waals surface area contributed by atoms with E-state index in [0.717, 1.165) is 16.7 Å². The summed E-state index contributed by atoms with van der Waals surface area (Å²) in [5, 5.41) is 0. The molecule has 0 aromatic heterocycles. The van der Waals surface area contributed by atoms with Crippen molar-refractivity contribution in [3.63, 3.8) is 0 Å². The highest BCUT2D eigenvalue weighted by Crippen LogP contribution is 2.21. The number of hydrogen-bond acceptors (Lipinski definition) is 1. The van der Waals surface area contributed by atoms with Crippen LogP contribution >= 0.6 is 0 Å². The second-order valence-corrected chi connectivity index (χ2v) is 5.43. The Morgan fingerprint density at radius 3 is 1.61 bits per heavy atom. The molecule has 0 heterocycles. The van der Waals surface area contributed by atoms with Gasteiger partial charge in [0.2, 0.25) is 0 Å². The summed E-state index contributed by atoms with van der Waals surface area (Å²) >= 11 is 0. The Labute approximate surface area is 137 Å². The smallest absolute Gasteiger partial charge is 0.0815 e. The SMILES string of the molecule is C[C@H](N=C=C(c1ccccc1)c1ccccc1)c1ccccc1. The second kappa shape index (κ2) is 7.40. The van der Waals surface area contributed by atoms with Gasteiger partial charge >= 0.3 is 0 Å². The maximum atomic E-state index is 4.66. The Hall–Kier alpha value is -2.89. The Balaban J connectivity index is 2.03. The molecule has 3 aromatic carbocycles. The molecule has 3 aromatic rings. The van der Waals surface area contributed by atoms with Crippen molar-refractivity contribution in [2.75, 3.05) is 0 Å². The third kappa shape index (κ3) is 3.85. The summed E-state index contributed by atoms with van der Waals surface area (Å²) in [5.41, 5.74) is 4.47. The van der Waals surface area contributed by atoms with E-state index in [1.807, 2.05) is 54.6 Å². The van der Waals surface area contributed by atoms with Crippen molar-refractivity contribution in [2.24, 2.45) is 4.99 Å².